The Hall–Kier alpha value is -2.30. The number of carbonyl (C=O) groups excluding carboxylic acids is 2. The highest BCUT2D eigenvalue weighted by molar-refractivity contribution is 5.99. The Morgan fingerprint density at radius 1 is 1.16 bits per heavy atom. The molecule has 0 spiro atoms. The Morgan fingerprint density at radius 2 is 1.53 bits per heavy atom. The second kappa shape index (κ2) is 6.58. The van der Waals surface area contributed by atoms with E-state index in [1.165, 1.54) is 0 Å². The topological polar surface area (TPSA) is 151 Å². The smallest absolute Gasteiger partial charge is 0.467 e. The molecule has 0 amide bonds. The van der Waals surface area contributed by atoms with Crippen molar-refractivity contribution in [1.29, 1.82) is 0 Å². The Balaban J connectivity index is 4.98. The molecule has 0 saturated carbocycles. The lowest BCUT2D eigenvalue weighted by molar-refractivity contribution is -0.789. The summed E-state index contributed by atoms with van der Waals surface area (Å²) < 4.78 is 8.56. The first-order valence-corrected chi connectivity index (χ1v) is 4.88. The van der Waals surface area contributed by atoms with Crippen LogP contribution in [-0.2, 0) is 19.1 Å². The molecule has 0 saturated heterocycles. The Bertz CT molecular complexity index is 365. The van der Waals surface area contributed by atoms with Crippen LogP contribution in [0.5, 0.6) is 0 Å². The molecule has 11 nitrogen and oxygen atoms in total. The first-order chi connectivity index (χ1) is 8.70. The molecule has 0 radical (unpaired) electrons. The van der Waals surface area contributed by atoms with Crippen molar-refractivity contribution in [2.24, 2.45) is 0 Å². The van der Waals surface area contributed by atoms with Crippen LogP contribution < -0.4 is 5.32 Å². The molecular formula is C8H13N3O8. The van der Waals surface area contributed by atoms with Crippen LogP contribution in [0, 0.1) is 20.2 Å². The molecule has 0 fully saturated rings. The Kier molecular flexibility index (Phi) is 5.79. The first-order valence-electron chi connectivity index (χ1n) is 4.88. The number of methoxy groups -OCH3 is 2. The maximum absolute atomic E-state index is 11.2. The summed E-state index contributed by atoms with van der Waals surface area (Å²) in [5, 5.41) is 23.4. The number of nitro groups is 2. The molecule has 1 N–H and O–H groups in total. The molecular weight excluding hydrogens is 266 g/mol. The minimum absolute atomic E-state index is 0.742. The maximum Gasteiger partial charge on any atom is 0.467 e. The van der Waals surface area contributed by atoms with Crippen LogP contribution in [0.25, 0.3) is 0 Å². The predicted molar refractivity (Wildman–Crippen MR) is 58.2 cm³/mol. The predicted octanol–water partition coefficient (Wildman–Crippen LogP) is -1.44. The van der Waals surface area contributed by atoms with Crippen LogP contribution in [0.4, 0.5) is 0 Å². The number of hydrogen-bond acceptors (Lipinski definition) is 9. The second-order valence-electron chi connectivity index (χ2n) is 3.59. The van der Waals surface area contributed by atoms with Crippen molar-refractivity contribution in [3.05, 3.63) is 20.2 Å². The van der Waals surface area contributed by atoms with E-state index in [-0.39, 0.29) is 0 Å². The van der Waals surface area contributed by atoms with E-state index in [0.29, 0.717) is 0 Å². The zero-order chi connectivity index (χ0) is 15.2. The van der Waals surface area contributed by atoms with Crippen molar-refractivity contribution in [2.45, 2.75) is 18.6 Å². The average molecular weight is 279 g/mol. The Morgan fingerprint density at radius 3 is 1.79 bits per heavy atom. The Labute approximate surface area is 107 Å². The molecule has 0 atom stereocenters. The highest BCUT2D eigenvalue weighted by Gasteiger charge is 2.51. The van der Waals surface area contributed by atoms with Gasteiger partial charge in [0, 0.05) is 0 Å². The quantitative estimate of drug-likeness (QED) is 0.194. The van der Waals surface area contributed by atoms with Crippen LogP contribution in [0.2, 0.25) is 0 Å². The molecule has 11 heteroatoms. The summed E-state index contributed by atoms with van der Waals surface area (Å²) in [5.74, 6) is -2.14. The van der Waals surface area contributed by atoms with Gasteiger partial charge in [-0.2, -0.15) is 0 Å². The van der Waals surface area contributed by atoms with Gasteiger partial charge in [-0.05, 0) is 0 Å². The van der Waals surface area contributed by atoms with E-state index in [1.807, 2.05) is 0 Å². The number of ether oxygens (including phenoxy) is 2. The van der Waals surface area contributed by atoms with Gasteiger partial charge in [-0.3, -0.25) is 25.5 Å². The third-order valence-electron chi connectivity index (χ3n) is 2.30. The van der Waals surface area contributed by atoms with Crippen LogP contribution in [0.1, 0.15) is 6.92 Å². The fraction of sp³-hybridized carbons (Fsp3) is 0.750. The minimum Gasteiger partial charge on any atom is -0.467 e. The molecule has 19 heavy (non-hydrogen) atoms. The largest absolute Gasteiger partial charge is 0.467 e. The zero-order valence-corrected chi connectivity index (χ0v) is 10.4. The molecule has 0 rings (SSSR count). The van der Waals surface area contributed by atoms with Crippen molar-refractivity contribution >= 4 is 11.9 Å². The van der Waals surface area contributed by atoms with E-state index in [2.05, 4.69) is 14.8 Å². The van der Waals surface area contributed by atoms with Gasteiger partial charge in [0.05, 0.1) is 31.0 Å². The SMILES string of the molecule is COC(=O)C(NCC(C)([N+](=O)[O-])[N+](=O)[O-])C(=O)OC. The zero-order valence-electron chi connectivity index (χ0n) is 10.4. The van der Waals surface area contributed by atoms with E-state index in [9.17, 15) is 29.8 Å². The number of nitrogens with zero attached hydrogens (tertiary/aromatic N) is 2. The van der Waals surface area contributed by atoms with Gasteiger partial charge in [-0.25, -0.2) is 9.59 Å². The highest BCUT2D eigenvalue weighted by Crippen LogP contribution is 2.09. The lowest BCUT2D eigenvalue weighted by Crippen LogP contribution is -2.56. The van der Waals surface area contributed by atoms with Crippen molar-refractivity contribution in [3.63, 3.8) is 0 Å². The summed E-state index contributed by atoms with van der Waals surface area (Å²) in [6, 6.07) is -1.67. The molecule has 0 aromatic carbocycles. The van der Waals surface area contributed by atoms with Crippen molar-refractivity contribution in [1.82, 2.24) is 5.32 Å². The van der Waals surface area contributed by atoms with E-state index in [1.54, 1.807) is 0 Å². The molecule has 0 bridgehead atoms. The molecule has 0 aromatic rings. The number of nitrogens with one attached hydrogen (secondary N) is 1. The minimum atomic E-state index is -2.58. The highest BCUT2D eigenvalue weighted by atomic mass is 16.7. The fourth-order valence-electron chi connectivity index (χ4n) is 0.990. The van der Waals surface area contributed by atoms with Crippen LogP contribution >= 0.6 is 0 Å². The number of hydrogen-bond donors (Lipinski definition) is 1. The van der Waals surface area contributed by atoms with Gasteiger partial charge >= 0.3 is 17.6 Å². The third kappa shape index (κ3) is 3.84. The van der Waals surface area contributed by atoms with Gasteiger partial charge in [0.15, 0.2) is 0 Å². The lowest BCUT2D eigenvalue weighted by Gasteiger charge is -2.17. The number of esters is 2. The number of carbonyl (C=O) groups is 2. The monoisotopic (exact) mass is 279 g/mol. The summed E-state index contributed by atoms with van der Waals surface area (Å²) >= 11 is 0. The van der Waals surface area contributed by atoms with E-state index >= 15 is 0 Å². The molecule has 0 aliphatic rings. The van der Waals surface area contributed by atoms with Gasteiger partial charge in [-0.15, -0.1) is 0 Å². The van der Waals surface area contributed by atoms with Crippen LogP contribution in [0.3, 0.4) is 0 Å². The van der Waals surface area contributed by atoms with Crippen LogP contribution in [0.15, 0.2) is 0 Å². The second-order valence-corrected chi connectivity index (χ2v) is 3.59. The summed E-state index contributed by atoms with van der Waals surface area (Å²) in [6.07, 6.45) is 0. The van der Waals surface area contributed by atoms with E-state index < -0.39 is 40.0 Å². The van der Waals surface area contributed by atoms with Gasteiger partial charge in [0.2, 0.25) is 6.04 Å². The summed E-state index contributed by atoms with van der Waals surface area (Å²) in [4.78, 5) is 41.5. The van der Waals surface area contributed by atoms with Gasteiger partial charge in [0.25, 0.3) is 0 Å². The molecule has 0 aromatic heterocycles. The van der Waals surface area contributed by atoms with Gasteiger partial charge < -0.3 is 9.47 Å². The summed E-state index contributed by atoms with van der Waals surface area (Å²) in [6.45, 7) is -0.118. The molecule has 108 valence electrons. The first kappa shape index (κ1) is 16.7. The van der Waals surface area contributed by atoms with Crippen molar-refractivity contribution < 1.29 is 28.9 Å². The van der Waals surface area contributed by atoms with E-state index in [4.69, 9.17) is 0 Å². The van der Waals surface area contributed by atoms with Gasteiger partial charge in [0.1, 0.15) is 6.54 Å². The lowest BCUT2D eigenvalue weighted by atomic mass is 10.2. The molecule has 0 heterocycles. The average Bonchev–Trinajstić information content (AvgIpc) is 2.36. The normalized spacial score (nSPS) is 10.9. The molecule has 0 aliphatic heterocycles. The fourth-order valence-corrected chi connectivity index (χ4v) is 0.990. The van der Waals surface area contributed by atoms with Crippen molar-refractivity contribution in [3.8, 4) is 0 Å². The summed E-state index contributed by atoms with van der Waals surface area (Å²) in [7, 11) is 1.97. The summed E-state index contributed by atoms with van der Waals surface area (Å²) in [5.41, 5.74) is -2.58. The van der Waals surface area contributed by atoms with Crippen LogP contribution in [-0.4, -0.2) is 54.3 Å². The molecule has 0 unspecified atom stereocenters. The van der Waals surface area contributed by atoms with Gasteiger partial charge in [-0.1, -0.05) is 0 Å². The standard InChI is InChI=1S/C8H13N3O8/c1-8(10(14)15,11(16)17)4-9-5(6(12)18-2)7(13)19-3/h5,9H,4H2,1-3H3. The van der Waals surface area contributed by atoms with Crippen molar-refractivity contribution in [2.75, 3.05) is 20.8 Å². The molecule has 0 aliphatic carbocycles. The number of rotatable bonds is 7. The third-order valence-corrected chi connectivity index (χ3v) is 2.30. The van der Waals surface area contributed by atoms with E-state index in [0.717, 1.165) is 21.1 Å². The maximum atomic E-state index is 11.2.